The highest BCUT2D eigenvalue weighted by atomic mass is 32.2. The quantitative estimate of drug-likeness (QED) is 0.481. The van der Waals surface area contributed by atoms with Gasteiger partial charge in [-0.25, -0.2) is 0 Å². The molecule has 1 aromatic carbocycles. The van der Waals surface area contributed by atoms with Crippen molar-refractivity contribution in [1.29, 1.82) is 0 Å². The van der Waals surface area contributed by atoms with Gasteiger partial charge >= 0.3 is 0 Å². The number of hydrogen-bond donors (Lipinski definition) is 2. The molecule has 3 N–H and O–H groups in total. The van der Waals surface area contributed by atoms with E-state index in [1.165, 1.54) is 0 Å². The molecule has 0 spiro atoms. The zero-order chi connectivity index (χ0) is 11.3. The van der Waals surface area contributed by atoms with E-state index >= 15 is 0 Å². The summed E-state index contributed by atoms with van der Waals surface area (Å²) in [6.45, 7) is 2.89. The van der Waals surface area contributed by atoms with Crippen LogP contribution in [0.25, 0.3) is 0 Å². The van der Waals surface area contributed by atoms with Crippen LogP contribution in [0.1, 0.15) is 11.1 Å². The van der Waals surface area contributed by atoms with Gasteiger partial charge < -0.3 is 11.1 Å². The molecule has 0 bridgehead atoms. The van der Waals surface area contributed by atoms with Crippen LogP contribution in [-0.2, 0) is 0 Å². The van der Waals surface area contributed by atoms with Gasteiger partial charge in [-0.05, 0) is 24.8 Å². The maximum Gasteiger partial charge on any atom is 0.106 e. The SMILES string of the molecule is CSCCNC(=S)c1ccc(C)c(N)c1. The molecule has 82 valence electrons. The molecule has 0 saturated heterocycles. The van der Waals surface area contributed by atoms with Crippen molar-refractivity contribution >= 4 is 34.7 Å². The smallest absolute Gasteiger partial charge is 0.106 e. The summed E-state index contributed by atoms with van der Waals surface area (Å²) in [6, 6.07) is 5.91. The van der Waals surface area contributed by atoms with Crippen LogP contribution in [0.2, 0.25) is 0 Å². The lowest BCUT2D eigenvalue weighted by atomic mass is 10.1. The van der Waals surface area contributed by atoms with E-state index in [-0.39, 0.29) is 0 Å². The number of nitrogens with one attached hydrogen (secondary N) is 1. The molecular weight excluding hydrogens is 224 g/mol. The second kappa shape index (κ2) is 5.98. The van der Waals surface area contributed by atoms with Crippen LogP contribution in [0, 0.1) is 6.92 Å². The summed E-state index contributed by atoms with van der Waals surface area (Å²) < 4.78 is 0. The molecule has 0 heterocycles. The Morgan fingerprint density at radius 1 is 1.53 bits per heavy atom. The van der Waals surface area contributed by atoms with Crippen LogP contribution in [0.4, 0.5) is 5.69 Å². The summed E-state index contributed by atoms with van der Waals surface area (Å²) in [4.78, 5) is 0.774. The van der Waals surface area contributed by atoms with Gasteiger partial charge in [-0.2, -0.15) is 11.8 Å². The van der Waals surface area contributed by atoms with E-state index in [2.05, 4.69) is 11.6 Å². The summed E-state index contributed by atoms with van der Waals surface area (Å²) in [5, 5.41) is 3.20. The number of rotatable bonds is 4. The van der Waals surface area contributed by atoms with Crippen molar-refractivity contribution in [2.75, 3.05) is 24.3 Å². The van der Waals surface area contributed by atoms with E-state index < -0.39 is 0 Å². The first kappa shape index (κ1) is 12.3. The Bertz CT molecular complexity index is 350. The molecule has 15 heavy (non-hydrogen) atoms. The van der Waals surface area contributed by atoms with Gasteiger partial charge in [-0.15, -0.1) is 0 Å². The van der Waals surface area contributed by atoms with Gasteiger partial charge in [0.05, 0.1) is 0 Å². The predicted octanol–water partition coefficient (Wildman–Crippen LogP) is 2.21. The molecule has 0 amide bonds. The van der Waals surface area contributed by atoms with Crippen LogP contribution in [0.15, 0.2) is 18.2 Å². The molecule has 0 aromatic heterocycles. The van der Waals surface area contributed by atoms with Crippen molar-refractivity contribution in [2.45, 2.75) is 6.92 Å². The lowest BCUT2D eigenvalue weighted by Crippen LogP contribution is -2.24. The summed E-state index contributed by atoms with van der Waals surface area (Å²) in [5.41, 5.74) is 8.70. The monoisotopic (exact) mass is 240 g/mol. The minimum Gasteiger partial charge on any atom is -0.398 e. The lowest BCUT2D eigenvalue weighted by molar-refractivity contribution is 0.995. The molecule has 0 fully saturated rings. The maximum absolute atomic E-state index is 5.82. The largest absolute Gasteiger partial charge is 0.398 e. The molecular formula is C11H16N2S2. The van der Waals surface area contributed by atoms with Gasteiger partial charge in [-0.3, -0.25) is 0 Å². The summed E-state index contributed by atoms with van der Waals surface area (Å²) in [7, 11) is 0. The fourth-order valence-electron chi connectivity index (χ4n) is 1.15. The Labute approximate surface area is 101 Å². The third-order valence-corrected chi connectivity index (χ3v) is 3.13. The number of benzene rings is 1. The van der Waals surface area contributed by atoms with Crippen molar-refractivity contribution in [1.82, 2.24) is 5.32 Å². The number of thiocarbonyl (C=S) groups is 1. The molecule has 2 nitrogen and oxygen atoms in total. The third kappa shape index (κ3) is 3.72. The van der Waals surface area contributed by atoms with E-state index in [0.29, 0.717) is 0 Å². The minimum atomic E-state index is 0.774. The van der Waals surface area contributed by atoms with Crippen molar-refractivity contribution in [3.63, 3.8) is 0 Å². The van der Waals surface area contributed by atoms with E-state index in [1.807, 2.05) is 25.1 Å². The number of thioether (sulfide) groups is 1. The average molecular weight is 240 g/mol. The maximum atomic E-state index is 5.82. The predicted molar refractivity (Wildman–Crippen MR) is 73.7 cm³/mol. The molecule has 0 saturated carbocycles. The molecule has 0 radical (unpaired) electrons. The Morgan fingerprint density at radius 2 is 2.27 bits per heavy atom. The number of nitrogen functional groups attached to an aromatic ring is 1. The van der Waals surface area contributed by atoms with Crippen LogP contribution in [0.5, 0.6) is 0 Å². The fraction of sp³-hybridized carbons (Fsp3) is 0.364. The standard InChI is InChI=1S/C11H16N2S2/c1-8-3-4-9(7-10(8)12)11(14)13-5-6-15-2/h3-4,7H,5-6,12H2,1-2H3,(H,13,14). The molecule has 0 aliphatic heterocycles. The zero-order valence-electron chi connectivity index (χ0n) is 9.04. The molecule has 4 heteroatoms. The van der Waals surface area contributed by atoms with Gasteiger partial charge in [-0.1, -0.05) is 24.4 Å². The molecule has 0 aliphatic rings. The number of aryl methyl sites for hydroxylation is 1. The molecule has 1 aromatic rings. The first-order valence-corrected chi connectivity index (χ1v) is 6.58. The van der Waals surface area contributed by atoms with Crippen LogP contribution in [0.3, 0.4) is 0 Å². The Hall–Kier alpha value is -0.740. The Kier molecular flexibility index (Phi) is 4.91. The normalized spacial score (nSPS) is 10.0. The number of nitrogens with two attached hydrogens (primary N) is 1. The Balaban J connectivity index is 2.62. The van der Waals surface area contributed by atoms with E-state index in [1.54, 1.807) is 11.8 Å². The topological polar surface area (TPSA) is 38.0 Å². The second-order valence-corrected chi connectivity index (χ2v) is 4.71. The fourth-order valence-corrected chi connectivity index (χ4v) is 1.69. The van der Waals surface area contributed by atoms with Crippen molar-refractivity contribution < 1.29 is 0 Å². The first-order chi connectivity index (χ1) is 7.15. The van der Waals surface area contributed by atoms with E-state index in [9.17, 15) is 0 Å². The van der Waals surface area contributed by atoms with Gasteiger partial charge in [0.1, 0.15) is 4.99 Å². The summed E-state index contributed by atoms with van der Waals surface area (Å²) in [5.74, 6) is 1.06. The second-order valence-electron chi connectivity index (χ2n) is 3.32. The van der Waals surface area contributed by atoms with Gasteiger partial charge in [0, 0.05) is 23.5 Å². The highest BCUT2D eigenvalue weighted by Crippen LogP contribution is 2.13. The molecule has 0 unspecified atom stereocenters. The average Bonchev–Trinajstić information content (AvgIpc) is 2.22. The first-order valence-electron chi connectivity index (χ1n) is 4.78. The highest BCUT2D eigenvalue weighted by Gasteiger charge is 2.01. The highest BCUT2D eigenvalue weighted by molar-refractivity contribution is 7.98. The van der Waals surface area contributed by atoms with Crippen LogP contribution < -0.4 is 11.1 Å². The van der Waals surface area contributed by atoms with Crippen LogP contribution >= 0.6 is 24.0 Å². The third-order valence-electron chi connectivity index (χ3n) is 2.13. The minimum absolute atomic E-state index is 0.774. The summed E-state index contributed by atoms with van der Waals surface area (Å²) >= 11 is 7.06. The Morgan fingerprint density at radius 3 is 2.87 bits per heavy atom. The molecule has 0 atom stereocenters. The summed E-state index contributed by atoms with van der Waals surface area (Å²) in [6.07, 6.45) is 2.08. The van der Waals surface area contributed by atoms with Crippen molar-refractivity contribution in [3.05, 3.63) is 29.3 Å². The van der Waals surface area contributed by atoms with E-state index in [4.69, 9.17) is 18.0 Å². The number of anilines is 1. The van der Waals surface area contributed by atoms with Gasteiger partial charge in [0.15, 0.2) is 0 Å². The van der Waals surface area contributed by atoms with E-state index in [0.717, 1.165) is 34.1 Å². The molecule has 0 aliphatic carbocycles. The van der Waals surface area contributed by atoms with Crippen molar-refractivity contribution in [2.24, 2.45) is 0 Å². The van der Waals surface area contributed by atoms with Crippen molar-refractivity contribution in [3.8, 4) is 0 Å². The van der Waals surface area contributed by atoms with Crippen LogP contribution in [-0.4, -0.2) is 23.5 Å². The zero-order valence-corrected chi connectivity index (χ0v) is 10.7. The number of hydrogen-bond acceptors (Lipinski definition) is 3. The lowest BCUT2D eigenvalue weighted by Gasteiger charge is -2.08. The van der Waals surface area contributed by atoms with Gasteiger partial charge in [0.2, 0.25) is 0 Å². The molecule has 1 rings (SSSR count). The van der Waals surface area contributed by atoms with Gasteiger partial charge in [0.25, 0.3) is 0 Å².